The summed E-state index contributed by atoms with van der Waals surface area (Å²) in [7, 11) is 0. The summed E-state index contributed by atoms with van der Waals surface area (Å²) in [5.41, 5.74) is 1.89. The largest absolute Gasteiger partial charge is 0.480 e. The first-order chi connectivity index (χ1) is 15.8. The Hall–Kier alpha value is -3.39. The van der Waals surface area contributed by atoms with Gasteiger partial charge in [0.1, 0.15) is 18.8 Å². The van der Waals surface area contributed by atoms with Gasteiger partial charge in [-0.25, -0.2) is 9.59 Å². The third kappa shape index (κ3) is 7.61. The zero-order valence-electron chi connectivity index (χ0n) is 18.8. The van der Waals surface area contributed by atoms with Gasteiger partial charge in [0.15, 0.2) is 0 Å². The molecule has 8 nitrogen and oxygen atoms in total. The molecular weight excluding hydrogens is 424 g/mol. The van der Waals surface area contributed by atoms with Gasteiger partial charge in [-0.1, -0.05) is 74.5 Å². The number of hydrogen-bond acceptors (Lipinski definition) is 5. The maximum atomic E-state index is 12.4. The van der Waals surface area contributed by atoms with Gasteiger partial charge in [0.2, 0.25) is 5.91 Å². The molecule has 0 aliphatic carbocycles. The molecule has 33 heavy (non-hydrogen) atoms. The molecule has 1 fully saturated rings. The summed E-state index contributed by atoms with van der Waals surface area (Å²) in [6, 6.07) is 17.7. The number of epoxide rings is 1. The molecule has 8 heteroatoms. The summed E-state index contributed by atoms with van der Waals surface area (Å²) in [5.74, 6) is -1.71. The van der Waals surface area contributed by atoms with E-state index in [4.69, 9.17) is 9.47 Å². The van der Waals surface area contributed by atoms with Crippen LogP contribution in [0.3, 0.4) is 0 Å². The SMILES string of the molecule is CC(C)C(NC(=O)C[C@H]1O[C@H]1[C@H](Cc1ccccc1)NC(=O)OCc1ccccc1)C(=O)O. The van der Waals surface area contributed by atoms with E-state index in [1.165, 1.54) is 0 Å². The third-order valence-electron chi connectivity index (χ3n) is 5.47. The predicted octanol–water partition coefficient (Wildman–Crippen LogP) is 2.91. The fourth-order valence-corrected chi connectivity index (χ4v) is 3.64. The van der Waals surface area contributed by atoms with Crippen LogP contribution in [0.2, 0.25) is 0 Å². The number of alkyl carbamates (subject to hydrolysis) is 1. The van der Waals surface area contributed by atoms with E-state index in [2.05, 4.69) is 10.6 Å². The van der Waals surface area contributed by atoms with Crippen LogP contribution in [0.4, 0.5) is 4.79 Å². The van der Waals surface area contributed by atoms with Crippen molar-refractivity contribution < 1.29 is 29.0 Å². The zero-order chi connectivity index (χ0) is 23.8. The molecule has 0 aromatic heterocycles. The number of benzene rings is 2. The van der Waals surface area contributed by atoms with E-state index >= 15 is 0 Å². The quantitative estimate of drug-likeness (QED) is 0.450. The van der Waals surface area contributed by atoms with Crippen molar-refractivity contribution in [3.8, 4) is 0 Å². The van der Waals surface area contributed by atoms with Gasteiger partial charge in [-0.2, -0.15) is 0 Å². The molecule has 1 saturated heterocycles. The molecule has 3 N–H and O–H groups in total. The molecule has 0 spiro atoms. The number of rotatable bonds is 11. The Balaban J connectivity index is 1.57. The Kier molecular flexibility index (Phi) is 8.43. The number of carbonyl (C=O) groups excluding carboxylic acids is 2. The average Bonchev–Trinajstić information content (AvgIpc) is 3.55. The van der Waals surface area contributed by atoms with E-state index in [0.29, 0.717) is 6.42 Å². The number of ether oxygens (including phenoxy) is 2. The van der Waals surface area contributed by atoms with Gasteiger partial charge in [0.05, 0.1) is 18.6 Å². The zero-order valence-corrected chi connectivity index (χ0v) is 18.8. The number of amides is 2. The smallest absolute Gasteiger partial charge is 0.407 e. The van der Waals surface area contributed by atoms with Gasteiger partial charge in [0.25, 0.3) is 0 Å². The lowest BCUT2D eigenvalue weighted by Gasteiger charge is -2.18. The molecule has 0 bridgehead atoms. The lowest BCUT2D eigenvalue weighted by molar-refractivity contribution is -0.143. The second-order valence-corrected chi connectivity index (χ2v) is 8.47. The van der Waals surface area contributed by atoms with Crippen LogP contribution in [-0.4, -0.2) is 47.4 Å². The first-order valence-electron chi connectivity index (χ1n) is 11.0. The summed E-state index contributed by atoms with van der Waals surface area (Å²) in [6.45, 7) is 3.61. The van der Waals surface area contributed by atoms with Crippen LogP contribution >= 0.6 is 0 Å². The molecule has 2 aromatic rings. The van der Waals surface area contributed by atoms with E-state index in [-0.39, 0.29) is 25.0 Å². The Morgan fingerprint density at radius 1 is 0.970 bits per heavy atom. The Bertz CT molecular complexity index is 934. The van der Waals surface area contributed by atoms with Crippen LogP contribution in [0.25, 0.3) is 0 Å². The van der Waals surface area contributed by atoms with Crippen LogP contribution in [0, 0.1) is 5.92 Å². The van der Waals surface area contributed by atoms with Crippen molar-refractivity contribution >= 4 is 18.0 Å². The predicted molar refractivity (Wildman–Crippen MR) is 121 cm³/mol. The minimum absolute atomic E-state index is 0.0210. The molecule has 1 aliphatic rings. The van der Waals surface area contributed by atoms with Gasteiger partial charge in [-0.15, -0.1) is 0 Å². The molecule has 1 unspecified atom stereocenters. The second-order valence-electron chi connectivity index (χ2n) is 8.47. The number of carboxylic acids is 1. The normalized spacial score (nSPS) is 18.8. The molecule has 1 heterocycles. The van der Waals surface area contributed by atoms with Crippen molar-refractivity contribution in [2.45, 2.75) is 57.6 Å². The van der Waals surface area contributed by atoms with Crippen LogP contribution in [0.5, 0.6) is 0 Å². The van der Waals surface area contributed by atoms with Gasteiger partial charge < -0.3 is 25.2 Å². The highest BCUT2D eigenvalue weighted by Gasteiger charge is 2.47. The summed E-state index contributed by atoms with van der Waals surface area (Å²) in [6.07, 6.45) is -0.817. The Morgan fingerprint density at radius 3 is 2.15 bits per heavy atom. The number of hydrogen-bond donors (Lipinski definition) is 3. The fraction of sp³-hybridized carbons (Fsp3) is 0.400. The topological polar surface area (TPSA) is 117 Å². The van der Waals surface area contributed by atoms with Crippen LogP contribution in [-0.2, 0) is 32.1 Å². The average molecular weight is 455 g/mol. The summed E-state index contributed by atoms with van der Waals surface area (Å²) < 4.78 is 11.1. The van der Waals surface area contributed by atoms with E-state index < -0.39 is 36.2 Å². The highest BCUT2D eigenvalue weighted by molar-refractivity contribution is 5.84. The maximum Gasteiger partial charge on any atom is 0.407 e. The second kappa shape index (κ2) is 11.5. The van der Waals surface area contributed by atoms with Crippen LogP contribution < -0.4 is 10.6 Å². The lowest BCUT2D eigenvalue weighted by atomic mass is 10.0. The lowest BCUT2D eigenvalue weighted by Crippen LogP contribution is -2.45. The Morgan fingerprint density at radius 2 is 1.58 bits per heavy atom. The number of nitrogens with one attached hydrogen (secondary N) is 2. The molecular formula is C25H30N2O6. The van der Waals surface area contributed by atoms with Crippen molar-refractivity contribution in [2.24, 2.45) is 5.92 Å². The van der Waals surface area contributed by atoms with Crippen molar-refractivity contribution in [3.05, 3.63) is 71.8 Å². The van der Waals surface area contributed by atoms with E-state index in [1.807, 2.05) is 60.7 Å². The van der Waals surface area contributed by atoms with Crippen molar-refractivity contribution in [1.29, 1.82) is 0 Å². The number of aliphatic carboxylic acids is 1. The molecule has 2 amide bonds. The molecule has 1 aliphatic heterocycles. The van der Waals surface area contributed by atoms with E-state index in [0.717, 1.165) is 11.1 Å². The molecule has 3 rings (SSSR count). The van der Waals surface area contributed by atoms with Gasteiger partial charge in [-0.3, -0.25) is 4.79 Å². The van der Waals surface area contributed by atoms with Crippen LogP contribution in [0.1, 0.15) is 31.4 Å². The van der Waals surface area contributed by atoms with Crippen molar-refractivity contribution in [1.82, 2.24) is 10.6 Å². The van der Waals surface area contributed by atoms with E-state index in [9.17, 15) is 19.5 Å². The summed E-state index contributed by atoms with van der Waals surface area (Å²) >= 11 is 0. The third-order valence-corrected chi connectivity index (χ3v) is 5.47. The van der Waals surface area contributed by atoms with Gasteiger partial charge >= 0.3 is 12.1 Å². The van der Waals surface area contributed by atoms with Gasteiger partial charge in [0, 0.05) is 0 Å². The van der Waals surface area contributed by atoms with Gasteiger partial charge in [-0.05, 0) is 23.5 Å². The molecule has 4 atom stereocenters. The minimum Gasteiger partial charge on any atom is -0.480 e. The minimum atomic E-state index is -1.07. The molecule has 0 radical (unpaired) electrons. The monoisotopic (exact) mass is 454 g/mol. The first kappa shape index (κ1) is 24.3. The number of carbonyl (C=O) groups is 3. The Labute approximate surface area is 193 Å². The maximum absolute atomic E-state index is 12.4. The summed E-state index contributed by atoms with van der Waals surface area (Å²) in [4.78, 5) is 36.1. The molecule has 2 aromatic carbocycles. The molecule has 0 saturated carbocycles. The molecule has 176 valence electrons. The first-order valence-corrected chi connectivity index (χ1v) is 11.0. The number of carboxylic acid groups (broad SMARTS) is 1. The highest BCUT2D eigenvalue weighted by atomic mass is 16.6. The summed E-state index contributed by atoms with van der Waals surface area (Å²) in [5, 5.41) is 14.7. The van der Waals surface area contributed by atoms with E-state index in [1.54, 1.807) is 13.8 Å². The van der Waals surface area contributed by atoms with Crippen LogP contribution in [0.15, 0.2) is 60.7 Å². The standard InChI is InChI=1S/C25H30N2O6/c1-16(2)22(24(29)30)27-21(28)14-20-23(33-20)19(13-17-9-5-3-6-10-17)26-25(31)32-15-18-11-7-4-8-12-18/h3-12,16,19-20,22-23H,13-15H2,1-2H3,(H,26,31)(H,27,28)(H,29,30)/t19-,20+,22?,23-/m0/s1. The van der Waals surface area contributed by atoms with Crippen molar-refractivity contribution in [2.75, 3.05) is 0 Å². The highest BCUT2D eigenvalue weighted by Crippen LogP contribution is 2.30. The fourth-order valence-electron chi connectivity index (χ4n) is 3.64. The van der Waals surface area contributed by atoms with Crippen molar-refractivity contribution in [3.63, 3.8) is 0 Å².